The third-order valence-electron chi connectivity index (χ3n) is 3.74. The predicted molar refractivity (Wildman–Crippen MR) is 94.4 cm³/mol. The fourth-order valence-electron chi connectivity index (χ4n) is 2.53. The minimum Gasteiger partial charge on any atom is -0.486 e. The van der Waals surface area contributed by atoms with E-state index in [0.29, 0.717) is 26.3 Å². The Bertz CT molecular complexity index is 754. The highest BCUT2D eigenvalue weighted by atomic mass is 32.1. The summed E-state index contributed by atoms with van der Waals surface area (Å²) in [4.78, 5) is 18.6. The highest BCUT2D eigenvalue weighted by Crippen LogP contribution is 2.34. The van der Waals surface area contributed by atoms with E-state index >= 15 is 0 Å². The predicted octanol–water partition coefficient (Wildman–Crippen LogP) is 3.28. The highest BCUT2D eigenvalue weighted by molar-refractivity contribution is 7.09. The summed E-state index contributed by atoms with van der Waals surface area (Å²) in [7, 11) is 0. The number of carbonyl (C=O) groups is 1. The lowest BCUT2D eigenvalue weighted by Gasteiger charge is -2.24. The molecule has 0 saturated carbocycles. The van der Waals surface area contributed by atoms with Gasteiger partial charge < -0.3 is 14.4 Å². The number of fused-ring (bicyclic) bond motifs is 1. The molecular weight excluding hydrogens is 324 g/mol. The fraction of sp³-hybridized carbons (Fsp3) is 0.333. The van der Waals surface area contributed by atoms with Crippen LogP contribution in [0.4, 0.5) is 0 Å². The zero-order chi connectivity index (χ0) is 16.9. The van der Waals surface area contributed by atoms with Gasteiger partial charge in [-0.1, -0.05) is 12.1 Å². The van der Waals surface area contributed by atoms with Gasteiger partial charge in [0.1, 0.15) is 13.2 Å². The van der Waals surface area contributed by atoms with Crippen molar-refractivity contribution in [1.29, 1.82) is 0 Å². The Morgan fingerprint density at radius 1 is 1.38 bits per heavy atom. The number of likely N-dealkylation sites (N-methyl/N-ethyl adjacent to an activating group) is 1. The third-order valence-corrected chi connectivity index (χ3v) is 4.53. The first kappa shape index (κ1) is 16.5. The summed E-state index contributed by atoms with van der Waals surface area (Å²) in [5, 5.41) is 2.93. The number of para-hydroxylation sites is 1. The van der Waals surface area contributed by atoms with Crippen molar-refractivity contribution in [2.24, 2.45) is 0 Å². The quantitative estimate of drug-likeness (QED) is 0.781. The maximum Gasteiger partial charge on any atom is 0.246 e. The van der Waals surface area contributed by atoms with Gasteiger partial charge in [0.2, 0.25) is 5.91 Å². The summed E-state index contributed by atoms with van der Waals surface area (Å²) in [6.07, 6.45) is 3.33. The van der Waals surface area contributed by atoms with Crippen molar-refractivity contribution in [3.8, 4) is 11.5 Å². The van der Waals surface area contributed by atoms with E-state index in [-0.39, 0.29) is 5.91 Å². The summed E-state index contributed by atoms with van der Waals surface area (Å²) in [6.45, 7) is 6.11. The minimum atomic E-state index is -0.0440. The zero-order valence-electron chi connectivity index (χ0n) is 13.8. The topological polar surface area (TPSA) is 51.7 Å². The van der Waals surface area contributed by atoms with Gasteiger partial charge in [-0.15, -0.1) is 11.3 Å². The van der Waals surface area contributed by atoms with E-state index in [4.69, 9.17) is 9.47 Å². The summed E-state index contributed by atoms with van der Waals surface area (Å²) < 4.78 is 11.3. The summed E-state index contributed by atoms with van der Waals surface area (Å²) in [5.41, 5.74) is 1.77. The number of thiazole rings is 1. The molecule has 1 aliphatic rings. The molecule has 1 aliphatic heterocycles. The van der Waals surface area contributed by atoms with E-state index in [2.05, 4.69) is 4.98 Å². The minimum absolute atomic E-state index is 0.0440. The number of hydrogen-bond acceptors (Lipinski definition) is 5. The van der Waals surface area contributed by atoms with Crippen LogP contribution in [0.5, 0.6) is 11.5 Å². The van der Waals surface area contributed by atoms with Crippen LogP contribution in [0.1, 0.15) is 23.2 Å². The van der Waals surface area contributed by atoms with E-state index in [0.717, 1.165) is 27.8 Å². The molecule has 0 fully saturated rings. The Kier molecular flexibility index (Phi) is 5.15. The average Bonchev–Trinajstić information content (AvgIpc) is 3.03. The fourth-order valence-corrected chi connectivity index (χ4v) is 3.11. The van der Waals surface area contributed by atoms with Crippen molar-refractivity contribution in [2.75, 3.05) is 19.8 Å². The lowest BCUT2D eigenvalue weighted by atomic mass is 10.1. The molecule has 0 saturated heterocycles. The van der Waals surface area contributed by atoms with Crippen LogP contribution in [0.3, 0.4) is 0 Å². The Hall–Kier alpha value is -2.34. The van der Waals surface area contributed by atoms with Crippen LogP contribution < -0.4 is 9.47 Å². The Balaban J connectivity index is 1.72. The molecule has 0 N–H and O–H groups in total. The number of aromatic nitrogens is 1. The van der Waals surface area contributed by atoms with Crippen molar-refractivity contribution >= 4 is 23.3 Å². The molecule has 5 nitrogen and oxygen atoms in total. The molecule has 3 rings (SSSR count). The number of ether oxygens (including phenoxy) is 2. The zero-order valence-corrected chi connectivity index (χ0v) is 14.6. The first-order valence-electron chi connectivity index (χ1n) is 7.94. The van der Waals surface area contributed by atoms with E-state index < -0.39 is 0 Å². The summed E-state index contributed by atoms with van der Waals surface area (Å²) in [6, 6.07) is 5.78. The van der Waals surface area contributed by atoms with Gasteiger partial charge in [0, 0.05) is 30.1 Å². The van der Waals surface area contributed by atoms with Crippen LogP contribution in [0.2, 0.25) is 0 Å². The molecule has 24 heavy (non-hydrogen) atoms. The molecular formula is C18H20N2O3S. The third kappa shape index (κ3) is 3.76. The van der Waals surface area contributed by atoms with Crippen LogP contribution >= 0.6 is 11.3 Å². The van der Waals surface area contributed by atoms with Crippen molar-refractivity contribution in [3.63, 3.8) is 0 Å². The number of amides is 1. The molecule has 2 heterocycles. The first-order chi connectivity index (χ1) is 11.7. The van der Waals surface area contributed by atoms with Crippen molar-refractivity contribution in [2.45, 2.75) is 20.4 Å². The van der Waals surface area contributed by atoms with Gasteiger partial charge >= 0.3 is 0 Å². The Labute approximate surface area is 145 Å². The molecule has 126 valence electrons. The van der Waals surface area contributed by atoms with Gasteiger partial charge in [-0.05, 0) is 26.0 Å². The van der Waals surface area contributed by atoms with Crippen LogP contribution in [-0.4, -0.2) is 35.5 Å². The Morgan fingerprint density at radius 3 is 2.96 bits per heavy atom. The van der Waals surface area contributed by atoms with Gasteiger partial charge in [0.05, 0.1) is 10.7 Å². The number of aryl methyl sites for hydroxylation is 1. The molecule has 2 aromatic rings. The molecule has 6 heteroatoms. The number of benzene rings is 1. The number of carbonyl (C=O) groups excluding carboxylic acids is 1. The van der Waals surface area contributed by atoms with Crippen molar-refractivity contribution in [1.82, 2.24) is 9.88 Å². The standard InChI is InChI=1S/C18H20N2O3S/c1-3-20(17(21)8-7-15-12-24-13(2)19-15)11-14-5-4-6-16-18(14)23-10-9-22-16/h4-8,12H,3,9-11H2,1-2H3. The maximum absolute atomic E-state index is 12.5. The SMILES string of the molecule is CCN(Cc1cccc2c1OCCO2)C(=O)C=Cc1csc(C)n1. The largest absolute Gasteiger partial charge is 0.486 e. The molecule has 1 amide bonds. The van der Waals surface area contributed by atoms with Gasteiger partial charge in [0.25, 0.3) is 0 Å². The normalized spacial score (nSPS) is 13.2. The van der Waals surface area contributed by atoms with Crippen LogP contribution in [-0.2, 0) is 11.3 Å². The molecule has 0 radical (unpaired) electrons. The second kappa shape index (κ2) is 7.49. The monoisotopic (exact) mass is 344 g/mol. The number of nitrogens with zero attached hydrogens (tertiary/aromatic N) is 2. The summed E-state index contributed by atoms with van der Waals surface area (Å²) >= 11 is 1.57. The Morgan fingerprint density at radius 2 is 2.21 bits per heavy atom. The molecule has 0 spiro atoms. The molecule has 0 bridgehead atoms. The second-order valence-corrected chi connectivity index (χ2v) is 6.48. The van der Waals surface area contributed by atoms with Gasteiger partial charge in [-0.25, -0.2) is 4.98 Å². The highest BCUT2D eigenvalue weighted by Gasteiger charge is 2.18. The summed E-state index contributed by atoms with van der Waals surface area (Å²) in [5.74, 6) is 1.45. The number of rotatable bonds is 5. The van der Waals surface area contributed by atoms with Gasteiger partial charge in [-0.3, -0.25) is 4.79 Å². The molecule has 0 atom stereocenters. The van der Waals surface area contributed by atoms with Crippen LogP contribution in [0, 0.1) is 6.92 Å². The van der Waals surface area contributed by atoms with E-state index in [1.54, 1.807) is 28.4 Å². The van der Waals surface area contributed by atoms with E-state index in [9.17, 15) is 4.79 Å². The second-order valence-electron chi connectivity index (χ2n) is 5.42. The lowest BCUT2D eigenvalue weighted by molar-refractivity contribution is -0.126. The van der Waals surface area contributed by atoms with Gasteiger partial charge in [-0.2, -0.15) is 0 Å². The van der Waals surface area contributed by atoms with Crippen molar-refractivity contribution in [3.05, 3.63) is 45.9 Å². The molecule has 0 aliphatic carbocycles. The van der Waals surface area contributed by atoms with Crippen molar-refractivity contribution < 1.29 is 14.3 Å². The number of hydrogen-bond donors (Lipinski definition) is 0. The van der Waals surface area contributed by atoms with Gasteiger partial charge in [0.15, 0.2) is 11.5 Å². The molecule has 0 unspecified atom stereocenters. The first-order valence-corrected chi connectivity index (χ1v) is 8.82. The molecule has 1 aromatic heterocycles. The lowest BCUT2D eigenvalue weighted by Crippen LogP contribution is -2.29. The van der Waals surface area contributed by atoms with E-state index in [1.807, 2.05) is 37.4 Å². The van der Waals surface area contributed by atoms with E-state index in [1.165, 1.54) is 0 Å². The van der Waals surface area contributed by atoms with Crippen LogP contribution in [0.15, 0.2) is 29.7 Å². The molecule has 1 aromatic carbocycles. The van der Waals surface area contributed by atoms with Crippen LogP contribution in [0.25, 0.3) is 6.08 Å². The maximum atomic E-state index is 12.5. The smallest absolute Gasteiger partial charge is 0.246 e. The average molecular weight is 344 g/mol.